The van der Waals surface area contributed by atoms with E-state index in [0.717, 1.165) is 12.2 Å². The normalized spacial score (nSPS) is 14.5. The Morgan fingerprint density at radius 2 is 1.94 bits per heavy atom. The first kappa shape index (κ1) is 13.0. The van der Waals surface area contributed by atoms with Crippen molar-refractivity contribution in [3.63, 3.8) is 0 Å². The molecule has 1 aromatic rings. The average Bonchev–Trinajstić information content (AvgIpc) is 2.29. The molecular formula is C13H22N2O. The van der Waals surface area contributed by atoms with Gasteiger partial charge in [0.05, 0.1) is 7.11 Å². The molecule has 16 heavy (non-hydrogen) atoms. The van der Waals surface area contributed by atoms with E-state index in [4.69, 9.17) is 10.5 Å². The number of para-hydroxylation sites is 1. The van der Waals surface area contributed by atoms with E-state index in [1.54, 1.807) is 7.11 Å². The van der Waals surface area contributed by atoms with Gasteiger partial charge >= 0.3 is 0 Å². The van der Waals surface area contributed by atoms with E-state index in [9.17, 15) is 0 Å². The summed E-state index contributed by atoms with van der Waals surface area (Å²) in [5.74, 6) is 0.955. The first-order valence-corrected chi connectivity index (χ1v) is 5.75. The SMILES string of the molecule is COc1ccccc1CC(C)NC(C)CN. The Bertz CT molecular complexity index is 315. The van der Waals surface area contributed by atoms with Crippen molar-refractivity contribution in [2.75, 3.05) is 13.7 Å². The average molecular weight is 222 g/mol. The second kappa shape index (κ2) is 6.51. The van der Waals surface area contributed by atoms with Gasteiger partial charge in [-0.05, 0) is 31.9 Å². The highest BCUT2D eigenvalue weighted by Gasteiger charge is 2.09. The van der Waals surface area contributed by atoms with Crippen LogP contribution < -0.4 is 15.8 Å². The van der Waals surface area contributed by atoms with E-state index in [2.05, 4.69) is 25.2 Å². The van der Waals surface area contributed by atoms with Crippen molar-refractivity contribution < 1.29 is 4.74 Å². The maximum absolute atomic E-state index is 5.58. The molecule has 0 aliphatic carbocycles. The largest absolute Gasteiger partial charge is 0.496 e. The summed E-state index contributed by atoms with van der Waals surface area (Å²) in [5, 5.41) is 3.45. The van der Waals surface area contributed by atoms with Gasteiger partial charge in [0, 0.05) is 18.6 Å². The fourth-order valence-electron chi connectivity index (χ4n) is 1.81. The lowest BCUT2D eigenvalue weighted by atomic mass is 10.1. The van der Waals surface area contributed by atoms with Crippen LogP contribution in [0.2, 0.25) is 0 Å². The van der Waals surface area contributed by atoms with E-state index < -0.39 is 0 Å². The van der Waals surface area contributed by atoms with Crippen LogP contribution >= 0.6 is 0 Å². The van der Waals surface area contributed by atoms with Crippen molar-refractivity contribution in [2.45, 2.75) is 32.4 Å². The third kappa shape index (κ3) is 3.83. The standard InChI is InChI=1S/C13H22N2O/c1-10(15-11(2)9-14)8-12-6-4-5-7-13(12)16-3/h4-7,10-11,15H,8-9,14H2,1-3H3. The van der Waals surface area contributed by atoms with Crippen LogP contribution in [0.5, 0.6) is 5.75 Å². The van der Waals surface area contributed by atoms with Gasteiger partial charge in [-0.2, -0.15) is 0 Å². The summed E-state index contributed by atoms with van der Waals surface area (Å²) in [6.07, 6.45) is 0.953. The molecule has 3 nitrogen and oxygen atoms in total. The minimum atomic E-state index is 0.352. The van der Waals surface area contributed by atoms with Crippen LogP contribution in [0, 0.1) is 0 Å². The summed E-state index contributed by atoms with van der Waals surface area (Å²) < 4.78 is 5.33. The molecule has 1 rings (SSSR count). The number of nitrogens with two attached hydrogens (primary N) is 1. The summed E-state index contributed by atoms with van der Waals surface area (Å²) in [4.78, 5) is 0. The second-order valence-electron chi connectivity index (χ2n) is 4.22. The number of nitrogens with one attached hydrogen (secondary N) is 1. The van der Waals surface area contributed by atoms with Crippen LogP contribution in [0.1, 0.15) is 19.4 Å². The molecule has 0 aliphatic rings. The van der Waals surface area contributed by atoms with Gasteiger partial charge in [0.15, 0.2) is 0 Å². The van der Waals surface area contributed by atoms with Crippen molar-refractivity contribution in [1.29, 1.82) is 0 Å². The zero-order chi connectivity index (χ0) is 12.0. The van der Waals surface area contributed by atoms with Crippen LogP contribution in [-0.4, -0.2) is 25.7 Å². The van der Waals surface area contributed by atoms with Crippen LogP contribution in [0.15, 0.2) is 24.3 Å². The predicted molar refractivity (Wildman–Crippen MR) is 67.8 cm³/mol. The second-order valence-corrected chi connectivity index (χ2v) is 4.22. The highest BCUT2D eigenvalue weighted by atomic mass is 16.5. The Kier molecular flexibility index (Phi) is 5.29. The van der Waals surface area contributed by atoms with Gasteiger partial charge in [0.2, 0.25) is 0 Å². The zero-order valence-corrected chi connectivity index (χ0v) is 10.4. The van der Waals surface area contributed by atoms with Crippen molar-refractivity contribution in [3.05, 3.63) is 29.8 Å². The molecule has 3 N–H and O–H groups in total. The molecule has 2 unspecified atom stereocenters. The van der Waals surface area contributed by atoms with Crippen molar-refractivity contribution in [2.24, 2.45) is 5.73 Å². The summed E-state index contributed by atoms with van der Waals surface area (Å²) in [7, 11) is 1.71. The van der Waals surface area contributed by atoms with Crippen LogP contribution in [0.25, 0.3) is 0 Å². The van der Waals surface area contributed by atoms with E-state index in [1.807, 2.05) is 18.2 Å². The first-order chi connectivity index (χ1) is 7.67. The number of hydrogen-bond donors (Lipinski definition) is 2. The summed E-state index contributed by atoms with van der Waals surface area (Å²) in [6, 6.07) is 8.87. The van der Waals surface area contributed by atoms with Crippen molar-refractivity contribution in [3.8, 4) is 5.75 Å². The van der Waals surface area contributed by atoms with Gasteiger partial charge in [-0.1, -0.05) is 18.2 Å². The van der Waals surface area contributed by atoms with Crippen molar-refractivity contribution >= 4 is 0 Å². The van der Waals surface area contributed by atoms with Crippen molar-refractivity contribution in [1.82, 2.24) is 5.32 Å². The zero-order valence-electron chi connectivity index (χ0n) is 10.4. The third-order valence-electron chi connectivity index (χ3n) is 2.64. The van der Waals surface area contributed by atoms with Crippen LogP contribution in [0.4, 0.5) is 0 Å². The topological polar surface area (TPSA) is 47.3 Å². The molecule has 0 bridgehead atoms. The van der Waals surface area contributed by atoms with E-state index >= 15 is 0 Å². The lowest BCUT2D eigenvalue weighted by molar-refractivity contribution is 0.403. The third-order valence-corrected chi connectivity index (χ3v) is 2.64. The predicted octanol–water partition coefficient (Wildman–Crippen LogP) is 1.56. The minimum absolute atomic E-state index is 0.352. The number of rotatable bonds is 6. The Balaban J connectivity index is 2.58. The van der Waals surface area contributed by atoms with Gasteiger partial charge in [0.25, 0.3) is 0 Å². The maximum atomic E-state index is 5.58. The highest BCUT2D eigenvalue weighted by molar-refractivity contribution is 5.33. The molecule has 0 saturated heterocycles. The lowest BCUT2D eigenvalue weighted by Gasteiger charge is -2.19. The Morgan fingerprint density at radius 3 is 2.56 bits per heavy atom. The number of ether oxygens (including phenoxy) is 1. The number of methoxy groups -OCH3 is 1. The van der Waals surface area contributed by atoms with Gasteiger partial charge in [-0.25, -0.2) is 0 Å². The Hall–Kier alpha value is -1.06. The Labute approximate surface area is 98.0 Å². The molecule has 0 fully saturated rings. The molecule has 0 amide bonds. The van der Waals surface area contributed by atoms with Crippen LogP contribution in [-0.2, 0) is 6.42 Å². The van der Waals surface area contributed by atoms with Gasteiger partial charge in [-0.3, -0.25) is 0 Å². The van der Waals surface area contributed by atoms with Gasteiger partial charge in [-0.15, -0.1) is 0 Å². The molecular weight excluding hydrogens is 200 g/mol. The fourth-order valence-corrected chi connectivity index (χ4v) is 1.81. The minimum Gasteiger partial charge on any atom is -0.496 e. The fraction of sp³-hybridized carbons (Fsp3) is 0.538. The van der Waals surface area contributed by atoms with Gasteiger partial charge < -0.3 is 15.8 Å². The quantitative estimate of drug-likeness (QED) is 0.768. The van der Waals surface area contributed by atoms with Crippen LogP contribution in [0.3, 0.4) is 0 Å². The molecule has 3 heteroatoms. The van der Waals surface area contributed by atoms with E-state index in [0.29, 0.717) is 18.6 Å². The van der Waals surface area contributed by atoms with Gasteiger partial charge in [0.1, 0.15) is 5.75 Å². The highest BCUT2D eigenvalue weighted by Crippen LogP contribution is 2.18. The molecule has 0 spiro atoms. The number of benzene rings is 1. The summed E-state index contributed by atoms with van der Waals surface area (Å²) in [5.41, 5.74) is 6.81. The smallest absolute Gasteiger partial charge is 0.122 e. The molecule has 0 radical (unpaired) electrons. The van der Waals surface area contributed by atoms with E-state index in [-0.39, 0.29) is 0 Å². The monoisotopic (exact) mass is 222 g/mol. The molecule has 90 valence electrons. The molecule has 0 aromatic heterocycles. The molecule has 0 aliphatic heterocycles. The summed E-state index contributed by atoms with van der Waals surface area (Å²) in [6.45, 7) is 4.92. The number of hydrogen-bond acceptors (Lipinski definition) is 3. The summed E-state index contributed by atoms with van der Waals surface area (Å²) >= 11 is 0. The Morgan fingerprint density at radius 1 is 1.25 bits per heavy atom. The molecule has 2 atom stereocenters. The first-order valence-electron chi connectivity index (χ1n) is 5.75. The molecule has 0 saturated carbocycles. The lowest BCUT2D eigenvalue weighted by Crippen LogP contribution is -2.40. The van der Waals surface area contributed by atoms with E-state index in [1.165, 1.54) is 5.56 Å². The molecule has 1 aromatic carbocycles. The molecule has 0 heterocycles. The maximum Gasteiger partial charge on any atom is 0.122 e.